The Morgan fingerprint density at radius 2 is 1.93 bits per heavy atom. The molecule has 0 aliphatic rings. The number of thiazole rings is 1. The zero-order valence-electron chi connectivity index (χ0n) is 8.74. The van der Waals surface area contributed by atoms with Gasteiger partial charge in [-0.15, -0.1) is 11.3 Å². The molecular weight excluding hydrogens is 206 g/mol. The highest BCUT2D eigenvalue weighted by molar-refractivity contribution is 7.15. The highest BCUT2D eigenvalue weighted by Crippen LogP contribution is 2.31. The first-order valence-corrected chi connectivity index (χ1v) is 5.49. The van der Waals surface area contributed by atoms with Gasteiger partial charge in [-0.3, -0.25) is 0 Å². The van der Waals surface area contributed by atoms with E-state index in [0.29, 0.717) is 5.13 Å². The normalized spacial score (nSPS) is 10.5. The van der Waals surface area contributed by atoms with Crippen LogP contribution in [0, 0.1) is 13.8 Å². The summed E-state index contributed by atoms with van der Waals surface area (Å²) < 4.78 is 0. The van der Waals surface area contributed by atoms with Gasteiger partial charge in [0.15, 0.2) is 5.13 Å². The van der Waals surface area contributed by atoms with E-state index in [2.05, 4.69) is 4.98 Å². The van der Waals surface area contributed by atoms with Crippen LogP contribution in [0.3, 0.4) is 0 Å². The van der Waals surface area contributed by atoms with Crippen LogP contribution in [0.1, 0.15) is 10.4 Å². The van der Waals surface area contributed by atoms with Gasteiger partial charge in [-0.25, -0.2) is 4.98 Å². The Labute approximate surface area is 92.8 Å². The molecule has 4 N–H and O–H groups in total. The quantitative estimate of drug-likeness (QED) is 0.724. The number of nitrogens with two attached hydrogens (primary N) is 2. The number of aryl methyl sites for hydroxylation is 2. The lowest BCUT2D eigenvalue weighted by atomic mass is 10.0. The van der Waals surface area contributed by atoms with E-state index in [1.54, 1.807) is 0 Å². The first-order chi connectivity index (χ1) is 7.08. The van der Waals surface area contributed by atoms with Crippen LogP contribution in [0.4, 0.5) is 10.8 Å². The molecule has 0 fully saturated rings. The molecule has 0 aliphatic heterocycles. The second-order valence-electron chi connectivity index (χ2n) is 3.53. The molecule has 1 aromatic carbocycles. The summed E-state index contributed by atoms with van der Waals surface area (Å²) in [4.78, 5) is 5.47. The van der Waals surface area contributed by atoms with Crippen LogP contribution < -0.4 is 11.5 Å². The van der Waals surface area contributed by atoms with Crippen molar-refractivity contribution >= 4 is 22.2 Å². The lowest BCUT2D eigenvalue weighted by Gasteiger charge is -2.04. The minimum Gasteiger partial charge on any atom is -0.399 e. The second kappa shape index (κ2) is 3.55. The average Bonchev–Trinajstić information content (AvgIpc) is 2.45. The number of anilines is 2. The lowest BCUT2D eigenvalue weighted by Crippen LogP contribution is -1.90. The maximum Gasteiger partial charge on any atom is 0.180 e. The van der Waals surface area contributed by atoms with E-state index in [1.807, 2.05) is 32.0 Å². The predicted octanol–water partition coefficient (Wildman–Crippen LogP) is 2.59. The summed E-state index contributed by atoms with van der Waals surface area (Å²) in [7, 11) is 0. The molecule has 0 saturated carbocycles. The van der Waals surface area contributed by atoms with Crippen molar-refractivity contribution in [2.24, 2.45) is 0 Å². The summed E-state index contributed by atoms with van der Waals surface area (Å²) in [6.45, 7) is 4.06. The third-order valence-electron chi connectivity index (χ3n) is 2.32. The molecule has 4 heteroatoms. The molecular formula is C11H13N3S. The second-order valence-corrected chi connectivity index (χ2v) is 4.77. The SMILES string of the molecule is Cc1cc(N)ccc1-c1nc(N)sc1C. The summed E-state index contributed by atoms with van der Waals surface area (Å²) in [5.41, 5.74) is 15.4. The van der Waals surface area contributed by atoms with E-state index in [1.165, 1.54) is 11.3 Å². The number of nitrogens with zero attached hydrogens (tertiary/aromatic N) is 1. The number of aromatic nitrogens is 1. The molecule has 3 nitrogen and oxygen atoms in total. The molecule has 0 amide bonds. The fraction of sp³-hybridized carbons (Fsp3) is 0.182. The van der Waals surface area contributed by atoms with Gasteiger partial charge in [0.1, 0.15) is 0 Å². The van der Waals surface area contributed by atoms with Crippen molar-refractivity contribution in [2.45, 2.75) is 13.8 Å². The number of rotatable bonds is 1. The summed E-state index contributed by atoms with van der Waals surface area (Å²) in [6, 6.07) is 5.83. The minimum atomic E-state index is 0.610. The average molecular weight is 219 g/mol. The lowest BCUT2D eigenvalue weighted by molar-refractivity contribution is 1.35. The van der Waals surface area contributed by atoms with E-state index in [9.17, 15) is 0 Å². The van der Waals surface area contributed by atoms with Crippen LogP contribution in [0.5, 0.6) is 0 Å². The van der Waals surface area contributed by atoms with Crippen LogP contribution in [-0.4, -0.2) is 4.98 Å². The summed E-state index contributed by atoms with van der Waals surface area (Å²) in [5.74, 6) is 0. The summed E-state index contributed by atoms with van der Waals surface area (Å²) in [6.07, 6.45) is 0. The highest BCUT2D eigenvalue weighted by atomic mass is 32.1. The van der Waals surface area contributed by atoms with Crippen molar-refractivity contribution < 1.29 is 0 Å². The zero-order chi connectivity index (χ0) is 11.0. The molecule has 0 atom stereocenters. The van der Waals surface area contributed by atoms with Crippen LogP contribution in [0.15, 0.2) is 18.2 Å². The summed E-state index contributed by atoms with van der Waals surface area (Å²) in [5, 5.41) is 0.610. The molecule has 0 aliphatic carbocycles. The van der Waals surface area contributed by atoms with Gasteiger partial charge in [0.25, 0.3) is 0 Å². The van der Waals surface area contributed by atoms with Gasteiger partial charge < -0.3 is 11.5 Å². The Hall–Kier alpha value is -1.55. The largest absolute Gasteiger partial charge is 0.399 e. The fourth-order valence-corrected chi connectivity index (χ4v) is 2.32. The fourth-order valence-electron chi connectivity index (χ4n) is 1.62. The molecule has 0 unspecified atom stereocenters. The van der Waals surface area contributed by atoms with Gasteiger partial charge in [0.05, 0.1) is 5.69 Å². The third kappa shape index (κ3) is 1.80. The molecule has 0 spiro atoms. The Kier molecular flexibility index (Phi) is 2.36. The molecule has 0 bridgehead atoms. The van der Waals surface area contributed by atoms with Gasteiger partial charge in [0, 0.05) is 16.1 Å². The van der Waals surface area contributed by atoms with E-state index in [-0.39, 0.29) is 0 Å². The molecule has 1 heterocycles. The van der Waals surface area contributed by atoms with E-state index in [4.69, 9.17) is 11.5 Å². The smallest absolute Gasteiger partial charge is 0.180 e. The van der Waals surface area contributed by atoms with Crippen molar-refractivity contribution in [1.82, 2.24) is 4.98 Å². The Balaban J connectivity index is 2.59. The third-order valence-corrected chi connectivity index (χ3v) is 3.12. The van der Waals surface area contributed by atoms with Crippen molar-refractivity contribution in [2.75, 3.05) is 11.5 Å². The van der Waals surface area contributed by atoms with Crippen LogP contribution in [0.25, 0.3) is 11.3 Å². The molecule has 0 saturated heterocycles. The standard InChI is InChI=1S/C11H13N3S/c1-6-5-8(12)3-4-9(6)10-7(2)15-11(13)14-10/h3-5H,12H2,1-2H3,(H2,13,14). The predicted molar refractivity (Wildman–Crippen MR) is 65.8 cm³/mol. The number of hydrogen-bond donors (Lipinski definition) is 2. The topological polar surface area (TPSA) is 64.9 Å². The molecule has 0 radical (unpaired) electrons. The number of nitrogen functional groups attached to an aromatic ring is 2. The Morgan fingerprint density at radius 1 is 1.20 bits per heavy atom. The number of hydrogen-bond acceptors (Lipinski definition) is 4. The Morgan fingerprint density at radius 3 is 2.47 bits per heavy atom. The van der Waals surface area contributed by atoms with Gasteiger partial charge in [-0.2, -0.15) is 0 Å². The minimum absolute atomic E-state index is 0.610. The first kappa shape index (κ1) is 9.98. The van der Waals surface area contributed by atoms with Crippen LogP contribution in [-0.2, 0) is 0 Å². The van der Waals surface area contributed by atoms with Crippen molar-refractivity contribution in [1.29, 1.82) is 0 Å². The van der Waals surface area contributed by atoms with E-state index in [0.717, 1.165) is 27.4 Å². The first-order valence-electron chi connectivity index (χ1n) is 4.67. The van der Waals surface area contributed by atoms with Gasteiger partial charge in [-0.1, -0.05) is 6.07 Å². The molecule has 78 valence electrons. The van der Waals surface area contributed by atoms with Gasteiger partial charge >= 0.3 is 0 Å². The van der Waals surface area contributed by atoms with Gasteiger partial charge in [-0.05, 0) is 31.5 Å². The zero-order valence-corrected chi connectivity index (χ0v) is 9.56. The van der Waals surface area contributed by atoms with E-state index >= 15 is 0 Å². The molecule has 2 rings (SSSR count). The van der Waals surface area contributed by atoms with Crippen molar-refractivity contribution in [3.05, 3.63) is 28.6 Å². The van der Waals surface area contributed by atoms with E-state index < -0.39 is 0 Å². The van der Waals surface area contributed by atoms with Crippen LogP contribution >= 0.6 is 11.3 Å². The monoisotopic (exact) mass is 219 g/mol. The molecule has 2 aromatic rings. The molecule has 1 aromatic heterocycles. The Bertz CT molecular complexity index is 503. The summed E-state index contributed by atoms with van der Waals surface area (Å²) >= 11 is 1.51. The number of benzene rings is 1. The van der Waals surface area contributed by atoms with Gasteiger partial charge in [0.2, 0.25) is 0 Å². The van der Waals surface area contributed by atoms with Crippen LogP contribution in [0.2, 0.25) is 0 Å². The molecule has 15 heavy (non-hydrogen) atoms. The highest BCUT2D eigenvalue weighted by Gasteiger charge is 2.10. The van der Waals surface area contributed by atoms with Crippen molar-refractivity contribution in [3.63, 3.8) is 0 Å². The maximum absolute atomic E-state index is 5.71. The maximum atomic E-state index is 5.71. The van der Waals surface area contributed by atoms with Crippen molar-refractivity contribution in [3.8, 4) is 11.3 Å².